The van der Waals surface area contributed by atoms with Gasteiger partial charge >= 0.3 is 12.4 Å². The molecular weight excluding hydrogens is 346 g/mol. The maximum Gasteiger partial charge on any atom is 0.411 e. The van der Waals surface area contributed by atoms with E-state index < -0.39 is 38.5 Å². The summed E-state index contributed by atoms with van der Waals surface area (Å²) in [5, 5.41) is 3.71. The topological polar surface area (TPSA) is 27.1 Å². The predicted molar refractivity (Wildman–Crippen MR) is 56.3 cm³/mol. The zero-order valence-corrected chi connectivity index (χ0v) is 10.9. The minimum atomic E-state index is -4.45. The lowest BCUT2D eigenvalue weighted by molar-refractivity contribution is -0.176. The highest BCUT2D eigenvalue weighted by molar-refractivity contribution is 9.10. The van der Waals surface area contributed by atoms with Crippen LogP contribution in [0, 0.1) is 0 Å². The first-order valence-corrected chi connectivity index (χ1v) is 5.79. The third kappa shape index (κ3) is 6.81. The fourth-order valence-corrected chi connectivity index (χ4v) is 1.58. The molecule has 1 aromatic heterocycles. The average Bonchev–Trinajstić information content (AvgIpc) is 2.54. The number of rotatable bonds is 5. The van der Waals surface area contributed by atoms with Crippen molar-refractivity contribution in [2.45, 2.75) is 31.9 Å². The Morgan fingerprint density at radius 1 is 1.16 bits per heavy atom. The molecule has 10 heteroatoms. The third-order valence-electron chi connectivity index (χ3n) is 1.92. The lowest BCUT2D eigenvalue weighted by Gasteiger charge is -2.06. The predicted octanol–water partition coefficient (Wildman–Crippen LogP) is 3.68. The van der Waals surface area contributed by atoms with Gasteiger partial charge in [-0.2, -0.15) is 31.4 Å². The molecule has 0 bridgehead atoms. The Bertz CT molecular complexity index is 414. The number of hydrogen-bond donors (Lipinski definition) is 0. The molecule has 0 N–H and O–H groups in total. The van der Waals surface area contributed by atoms with Crippen LogP contribution in [0.1, 0.15) is 12.1 Å². The monoisotopic (exact) mass is 354 g/mol. The van der Waals surface area contributed by atoms with E-state index >= 15 is 0 Å². The second-order valence-corrected chi connectivity index (χ2v) is 4.51. The van der Waals surface area contributed by atoms with E-state index in [1.165, 1.54) is 6.20 Å². The second kappa shape index (κ2) is 6.12. The van der Waals surface area contributed by atoms with Crippen LogP contribution in [0.15, 0.2) is 10.7 Å². The molecule has 19 heavy (non-hydrogen) atoms. The Labute approximate surface area is 112 Å². The quantitative estimate of drug-likeness (QED) is 0.754. The van der Waals surface area contributed by atoms with Crippen molar-refractivity contribution in [3.8, 4) is 0 Å². The molecule has 0 saturated heterocycles. The van der Waals surface area contributed by atoms with Gasteiger partial charge in [-0.1, -0.05) is 0 Å². The van der Waals surface area contributed by atoms with Crippen molar-refractivity contribution in [2.75, 3.05) is 6.61 Å². The van der Waals surface area contributed by atoms with Gasteiger partial charge < -0.3 is 4.74 Å². The third-order valence-corrected chi connectivity index (χ3v) is 2.58. The van der Waals surface area contributed by atoms with Gasteiger partial charge in [-0.25, -0.2) is 0 Å². The Kier molecular flexibility index (Phi) is 5.25. The fourth-order valence-electron chi connectivity index (χ4n) is 1.15. The van der Waals surface area contributed by atoms with Crippen LogP contribution >= 0.6 is 15.9 Å². The molecule has 0 aromatic carbocycles. The standard InChI is InChI=1S/C9H9BrF6N2O/c10-6-3-18(2-1-8(11,12)13)17-7(6)4-19-5-9(14,15)16/h3H,1-2,4-5H2. The van der Waals surface area contributed by atoms with Crippen LogP contribution in [0.2, 0.25) is 0 Å². The van der Waals surface area contributed by atoms with E-state index in [0.29, 0.717) is 4.47 Å². The molecule has 0 radical (unpaired) electrons. The van der Waals surface area contributed by atoms with E-state index in [0.717, 1.165) is 4.68 Å². The minimum Gasteiger partial charge on any atom is -0.366 e. The zero-order valence-electron chi connectivity index (χ0n) is 9.35. The molecule has 3 nitrogen and oxygen atoms in total. The summed E-state index contributed by atoms with van der Waals surface area (Å²) < 4.78 is 77.1. The van der Waals surface area contributed by atoms with E-state index in [4.69, 9.17) is 0 Å². The molecule has 0 spiro atoms. The molecule has 0 unspecified atom stereocenters. The van der Waals surface area contributed by atoms with Crippen LogP contribution in [0.25, 0.3) is 0 Å². The maximum atomic E-state index is 12.0. The zero-order chi connectivity index (χ0) is 14.7. The van der Waals surface area contributed by atoms with Crippen molar-refractivity contribution in [1.29, 1.82) is 0 Å². The Morgan fingerprint density at radius 2 is 1.79 bits per heavy atom. The molecule has 0 aliphatic carbocycles. The summed E-state index contributed by atoms with van der Waals surface area (Å²) in [6.07, 6.45) is -8.57. The molecular formula is C9H9BrF6N2O. The van der Waals surface area contributed by atoms with Crippen LogP contribution in [-0.2, 0) is 17.9 Å². The Morgan fingerprint density at radius 3 is 2.32 bits per heavy atom. The SMILES string of the molecule is FC(F)(F)CCn1cc(Br)c(COCC(F)(F)F)n1. The molecule has 1 rings (SSSR count). The van der Waals surface area contributed by atoms with Crippen LogP contribution < -0.4 is 0 Å². The normalized spacial score (nSPS) is 13.0. The number of aryl methyl sites for hydroxylation is 1. The van der Waals surface area contributed by atoms with Crippen molar-refractivity contribution in [2.24, 2.45) is 0 Å². The van der Waals surface area contributed by atoms with Gasteiger partial charge in [0.25, 0.3) is 0 Å². The van der Waals surface area contributed by atoms with Gasteiger partial charge in [-0.05, 0) is 15.9 Å². The minimum absolute atomic E-state index is 0.117. The maximum absolute atomic E-state index is 12.0. The summed E-state index contributed by atoms with van der Waals surface area (Å²) in [6.45, 7) is -2.27. The number of hydrogen-bond acceptors (Lipinski definition) is 2. The fraction of sp³-hybridized carbons (Fsp3) is 0.667. The molecule has 0 saturated carbocycles. The van der Waals surface area contributed by atoms with E-state index in [9.17, 15) is 26.3 Å². The number of aromatic nitrogens is 2. The van der Waals surface area contributed by atoms with Gasteiger partial charge in [0.05, 0.1) is 17.5 Å². The van der Waals surface area contributed by atoms with Crippen molar-refractivity contribution in [3.05, 3.63) is 16.4 Å². The summed E-state index contributed by atoms with van der Waals surface area (Å²) >= 11 is 2.99. The first kappa shape index (κ1) is 16.3. The van der Waals surface area contributed by atoms with E-state index in [-0.39, 0.29) is 5.69 Å². The summed E-state index contributed by atoms with van der Waals surface area (Å²) in [5.74, 6) is 0. The number of halogens is 7. The van der Waals surface area contributed by atoms with E-state index in [2.05, 4.69) is 25.8 Å². The van der Waals surface area contributed by atoms with Crippen molar-refractivity contribution >= 4 is 15.9 Å². The summed E-state index contributed by atoms with van der Waals surface area (Å²) in [6, 6.07) is 0. The molecule has 0 aliphatic rings. The Balaban J connectivity index is 2.50. The van der Waals surface area contributed by atoms with Gasteiger partial charge in [0.2, 0.25) is 0 Å². The van der Waals surface area contributed by atoms with Gasteiger partial charge in [-0.15, -0.1) is 0 Å². The first-order chi connectivity index (χ1) is 8.57. The van der Waals surface area contributed by atoms with Crippen LogP contribution in [0.3, 0.4) is 0 Å². The van der Waals surface area contributed by atoms with E-state index in [1.807, 2.05) is 0 Å². The first-order valence-electron chi connectivity index (χ1n) is 5.00. The Hall–Kier alpha value is -0.770. The lowest BCUT2D eigenvalue weighted by Crippen LogP contribution is -2.17. The molecule has 1 heterocycles. The highest BCUT2D eigenvalue weighted by Gasteiger charge is 2.28. The van der Waals surface area contributed by atoms with Crippen molar-refractivity contribution in [3.63, 3.8) is 0 Å². The van der Waals surface area contributed by atoms with Gasteiger partial charge in [0, 0.05) is 12.7 Å². The van der Waals surface area contributed by atoms with Crippen LogP contribution in [0.5, 0.6) is 0 Å². The van der Waals surface area contributed by atoms with Gasteiger partial charge in [0.1, 0.15) is 12.3 Å². The number of nitrogens with zero attached hydrogens (tertiary/aromatic N) is 2. The van der Waals surface area contributed by atoms with Crippen LogP contribution in [-0.4, -0.2) is 28.7 Å². The summed E-state index contributed by atoms with van der Waals surface area (Å²) in [5.41, 5.74) is 0.117. The number of ether oxygens (including phenoxy) is 1. The van der Waals surface area contributed by atoms with Gasteiger partial charge in [-0.3, -0.25) is 4.68 Å². The van der Waals surface area contributed by atoms with Gasteiger partial charge in [0.15, 0.2) is 0 Å². The van der Waals surface area contributed by atoms with Crippen molar-refractivity contribution in [1.82, 2.24) is 9.78 Å². The van der Waals surface area contributed by atoms with Crippen molar-refractivity contribution < 1.29 is 31.1 Å². The summed E-state index contributed by atoms with van der Waals surface area (Å²) in [4.78, 5) is 0. The molecule has 1 aromatic rings. The number of alkyl halides is 6. The van der Waals surface area contributed by atoms with Crippen LogP contribution in [0.4, 0.5) is 26.3 Å². The molecule has 0 atom stereocenters. The largest absolute Gasteiger partial charge is 0.411 e. The smallest absolute Gasteiger partial charge is 0.366 e. The molecule has 0 aliphatic heterocycles. The molecule has 110 valence electrons. The highest BCUT2D eigenvalue weighted by atomic mass is 79.9. The second-order valence-electron chi connectivity index (χ2n) is 3.66. The average molecular weight is 355 g/mol. The highest BCUT2D eigenvalue weighted by Crippen LogP contribution is 2.22. The molecule has 0 amide bonds. The molecule has 0 fully saturated rings. The summed E-state index contributed by atoms with van der Waals surface area (Å²) in [7, 11) is 0. The van der Waals surface area contributed by atoms with E-state index in [1.54, 1.807) is 0 Å². The lowest BCUT2D eigenvalue weighted by atomic mass is 10.4.